The van der Waals surface area contributed by atoms with E-state index in [0.29, 0.717) is 25.7 Å². The molecule has 0 aromatic carbocycles. The third-order valence-corrected chi connectivity index (χ3v) is 11.5. The van der Waals surface area contributed by atoms with Crippen LogP contribution in [0.3, 0.4) is 0 Å². The topological polar surface area (TPSA) is 78.9 Å². The normalized spacial score (nSPS) is 12.6. The zero-order valence-electron chi connectivity index (χ0n) is 42.0. The first-order valence-corrected chi connectivity index (χ1v) is 27.0. The minimum atomic E-state index is -0.799. The molecule has 0 bridgehead atoms. The highest BCUT2D eigenvalue weighted by Gasteiger charge is 2.19. The summed E-state index contributed by atoms with van der Waals surface area (Å²) in [6, 6.07) is 0. The molecule has 1 unspecified atom stereocenters. The van der Waals surface area contributed by atoms with Gasteiger partial charge in [0.15, 0.2) is 6.10 Å². The highest BCUT2D eigenvalue weighted by Crippen LogP contribution is 2.14. The Kier molecular flexibility index (Phi) is 49.9. The highest BCUT2D eigenvalue weighted by atomic mass is 16.6. The van der Waals surface area contributed by atoms with E-state index in [1.54, 1.807) is 0 Å². The summed E-state index contributed by atoms with van der Waals surface area (Å²) in [6.45, 7) is 6.52. The van der Waals surface area contributed by atoms with Crippen molar-refractivity contribution in [3.8, 4) is 0 Å². The van der Waals surface area contributed by atoms with Crippen molar-refractivity contribution in [3.63, 3.8) is 0 Å². The molecule has 0 aliphatic heterocycles. The predicted molar refractivity (Wildman–Crippen MR) is 274 cm³/mol. The van der Waals surface area contributed by atoms with Crippen LogP contribution in [0, 0.1) is 0 Å². The zero-order chi connectivity index (χ0) is 46.5. The lowest BCUT2D eigenvalue weighted by Gasteiger charge is -2.18. The molecule has 0 amide bonds. The molecule has 1 atom stereocenters. The Morgan fingerprint density at radius 3 is 1.03 bits per heavy atom. The van der Waals surface area contributed by atoms with Crippen LogP contribution in [0.25, 0.3) is 0 Å². The van der Waals surface area contributed by atoms with E-state index in [1.807, 2.05) is 0 Å². The van der Waals surface area contributed by atoms with Gasteiger partial charge < -0.3 is 14.2 Å². The summed E-state index contributed by atoms with van der Waals surface area (Å²) in [5.74, 6) is -0.958. The Labute approximate surface area is 395 Å². The minimum Gasteiger partial charge on any atom is -0.462 e. The van der Waals surface area contributed by atoms with Gasteiger partial charge >= 0.3 is 17.9 Å². The number of carbonyl (C=O) groups is 3. The van der Waals surface area contributed by atoms with Crippen LogP contribution in [0.4, 0.5) is 0 Å². The van der Waals surface area contributed by atoms with Gasteiger partial charge in [-0.1, -0.05) is 222 Å². The van der Waals surface area contributed by atoms with Crippen molar-refractivity contribution in [2.75, 3.05) is 13.2 Å². The van der Waals surface area contributed by atoms with Gasteiger partial charge in [-0.2, -0.15) is 0 Å². The van der Waals surface area contributed by atoms with E-state index in [4.69, 9.17) is 14.2 Å². The van der Waals surface area contributed by atoms with Crippen LogP contribution in [-0.4, -0.2) is 37.2 Å². The maximum Gasteiger partial charge on any atom is 0.306 e. The number of carbonyl (C=O) groups excluding carboxylic acids is 3. The molecule has 6 nitrogen and oxygen atoms in total. The smallest absolute Gasteiger partial charge is 0.306 e. The maximum absolute atomic E-state index is 12.8. The minimum absolute atomic E-state index is 0.0959. The summed E-state index contributed by atoms with van der Waals surface area (Å²) in [6.07, 6.45) is 66.1. The molecule has 0 aromatic heterocycles. The largest absolute Gasteiger partial charge is 0.462 e. The van der Waals surface area contributed by atoms with Crippen LogP contribution in [0.15, 0.2) is 72.9 Å². The molecular formula is C58H100O6. The molecule has 0 saturated heterocycles. The molecule has 0 fully saturated rings. The summed E-state index contributed by atoms with van der Waals surface area (Å²) in [5.41, 5.74) is 0. The number of esters is 3. The van der Waals surface area contributed by atoms with Gasteiger partial charge in [0, 0.05) is 19.3 Å². The fourth-order valence-corrected chi connectivity index (χ4v) is 7.39. The molecule has 0 rings (SSSR count). The SMILES string of the molecule is CCCCC\C=C/C=C\C=C/C=C\CCCCCCCC(=O)OC(COC(=O)CCC/C=C\CCCCCC)COC(=O)CCCCCCCCC/C=C\CCCCCCCCCC. The third-order valence-electron chi connectivity index (χ3n) is 11.5. The molecule has 0 heterocycles. The molecule has 0 aliphatic carbocycles. The Bertz CT molecular complexity index is 1210. The van der Waals surface area contributed by atoms with Crippen LogP contribution >= 0.6 is 0 Å². The first-order valence-electron chi connectivity index (χ1n) is 27.0. The van der Waals surface area contributed by atoms with Gasteiger partial charge in [-0.15, -0.1) is 0 Å². The van der Waals surface area contributed by atoms with E-state index in [1.165, 1.54) is 135 Å². The van der Waals surface area contributed by atoms with Crippen molar-refractivity contribution in [3.05, 3.63) is 72.9 Å². The Hall–Kier alpha value is -3.15. The lowest BCUT2D eigenvalue weighted by Crippen LogP contribution is -2.30. The van der Waals surface area contributed by atoms with Crippen molar-refractivity contribution >= 4 is 17.9 Å². The van der Waals surface area contributed by atoms with E-state index in [-0.39, 0.29) is 31.1 Å². The second-order valence-corrected chi connectivity index (χ2v) is 17.9. The Balaban J connectivity index is 4.37. The average molecular weight is 893 g/mol. The van der Waals surface area contributed by atoms with E-state index < -0.39 is 6.10 Å². The van der Waals surface area contributed by atoms with Crippen LogP contribution in [0.2, 0.25) is 0 Å². The molecule has 0 radical (unpaired) electrons. The maximum atomic E-state index is 12.8. The van der Waals surface area contributed by atoms with Gasteiger partial charge in [0.05, 0.1) is 0 Å². The second kappa shape index (κ2) is 52.5. The number of hydrogen-bond acceptors (Lipinski definition) is 6. The molecule has 0 aromatic rings. The summed E-state index contributed by atoms with van der Waals surface area (Å²) < 4.78 is 16.7. The molecule has 64 heavy (non-hydrogen) atoms. The second-order valence-electron chi connectivity index (χ2n) is 17.9. The number of allylic oxidation sites excluding steroid dienone is 12. The lowest BCUT2D eigenvalue weighted by atomic mass is 10.1. The van der Waals surface area contributed by atoms with Gasteiger partial charge in [0.25, 0.3) is 0 Å². The highest BCUT2D eigenvalue weighted by molar-refractivity contribution is 5.71. The van der Waals surface area contributed by atoms with E-state index in [9.17, 15) is 14.4 Å². The fourth-order valence-electron chi connectivity index (χ4n) is 7.39. The van der Waals surface area contributed by atoms with Gasteiger partial charge in [-0.3, -0.25) is 14.4 Å². The first-order chi connectivity index (χ1) is 31.5. The van der Waals surface area contributed by atoms with Gasteiger partial charge in [0.2, 0.25) is 0 Å². The number of ether oxygens (including phenoxy) is 3. The molecule has 368 valence electrons. The van der Waals surface area contributed by atoms with E-state index in [0.717, 1.165) is 77.0 Å². The van der Waals surface area contributed by atoms with Crippen molar-refractivity contribution in [2.45, 2.75) is 264 Å². The molecule has 0 spiro atoms. The third kappa shape index (κ3) is 49.9. The van der Waals surface area contributed by atoms with Crippen molar-refractivity contribution < 1.29 is 28.6 Å². The fraction of sp³-hybridized carbons (Fsp3) is 0.741. The Morgan fingerprint density at radius 1 is 0.312 bits per heavy atom. The summed E-state index contributed by atoms with van der Waals surface area (Å²) >= 11 is 0. The predicted octanol–water partition coefficient (Wildman–Crippen LogP) is 17.8. The monoisotopic (exact) mass is 893 g/mol. The van der Waals surface area contributed by atoms with Gasteiger partial charge in [-0.05, 0) is 89.9 Å². The van der Waals surface area contributed by atoms with Crippen LogP contribution < -0.4 is 0 Å². The van der Waals surface area contributed by atoms with E-state index in [2.05, 4.69) is 93.7 Å². The molecule has 0 aliphatic rings. The number of unbranched alkanes of at least 4 members (excludes halogenated alkanes) is 28. The molecule has 0 N–H and O–H groups in total. The standard InChI is InChI=1S/C58H100O6/c1-4-7-10-13-16-19-21-23-25-27-29-31-32-34-36-39-42-45-48-51-57(60)63-54-55(53-62-56(59)50-47-44-41-38-18-15-12-9-6-3)64-58(61)52-49-46-43-40-37-35-33-30-28-26-24-22-20-17-14-11-8-5-2/h17,20,22,24,26-30,33,38,41,55H,4-16,18-19,21,23,25,31-32,34-37,39-40,42-54H2,1-3H3/b20-17-,24-22-,28-26-,29-27-,33-30-,41-38-. The van der Waals surface area contributed by atoms with Crippen molar-refractivity contribution in [2.24, 2.45) is 0 Å². The van der Waals surface area contributed by atoms with Crippen LogP contribution in [0.1, 0.15) is 258 Å². The first kappa shape index (κ1) is 60.9. The zero-order valence-corrected chi connectivity index (χ0v) is 42.0. The van der Waals surface area contributed by atoms with Gasteiger partial charge in [-0.25, -0.2) is 0 Å². The van der Waals surface area contributed by atoms with Crippen LogP contribution in [0.5, 0.6) is 0 Å². The number of hydrogen-bond donors (Lipinski definition) is 0. The lowest BCUT2D eigenvalue weighted by molar-refractivity contribution is -0.167. The summed E-state index contributed by atoms with van der Waals surface area (Å²) in [7, 11) is 0. The van der Waals surface area contributed by atoms with Gasteiger partial charge in [0.1, 0.15) is 13.2 Å². The van der Waals surface area contributed by atoms with Crippen molar-refractivity contribution in [1.82, 2.24) is 0 Å². The Morgan fingerprint density at radius 2 is 0.594 bits per heavy atom. The quantitative estimate of drug-likeness (QED) is 0.0199. The average Bonchev–Trinajstić information content (AvgIpc) is 3.29. The molecular weight excluding hydrogens is 793 g/mol. The number of rotatable bonds is 48. The van der Waals surface area contributed by atoms with Crippen LogP contribution in [-0.2, 0) is 28.6 Å². The molecule has 6 heteroatoms. The molecule has 0 saturated carbocycles. The van der Waals surface area contributed by atoms with E-state index >= 15 is 0 Å². The summed E-state index contributed by atoms with van der Waals surface area (Å²) in [5, 5.41) is 0. The summed E-state index contributed by atoms with van der Waals surface area (Å²) in [4.78, 5) is 37.9. The van der Waals surface area contributed by atoms with Crippen molar-refractivity contribution in [1.29, 1.82) is 0 Å².